The molecule has 0 bridgehead atoms. The number of fused-ring (bicyclic) bond motifs is 1. The van der Waals surface area contributed by atoms with Gasteiger partial charge in [0, 0.05) is 29.3 Å². The second-order valence-corrected chi connectivity index (χ2v) is 6.57. The van der Waals surface area contributed by atoms with Crippen molar-refractivity contribution in [2.45, 2.75) is 32.2 Å². The van der Waals surface area contributed by atoms with Crippen molar-refractivity contribution in [1.29, 1.82) is 0 Å². The summed E-state index contributed by atoms with van der Waals surface area (Å²) in [6, 6.07) is 8.33. The van der Waals surface area contributed by atoms with Gasteiger partial charge in [0.25, 0.3) is 5.91 Å². The van der Waals surface area contributed by atoms with E-state index in [4.69, 9.17) is 16.3 Å². The van der Waals surface area contributed by atoms with Crippen LogP contribution in [0.25, 0.3) is 0 Å². The van der Waals surface area contributed by atoms with Crippen LogP contribution in [0.2, 0.25) is 5.02 Å². The lowest BCUT2D eigenvalue weighted by atomic mass is 10.00. The number of nitrogens with one attached hydrogen (secondary N) is 2. The molecule has 2 aromatic rings. The van der Waals surface area contributed by atoms with Gasteiger partial charge in [-0.15, -0.1) is 0 Å². The van der Waals surface area contributed by atoms with Crippen molar-refractivity contribution in [1.82, 2.24) is 10.3 Å². The predicted molar refractivity (Wildman–Crippen MR) is 92.9 cm³/mol. The van der Waals surface area contributed by atoms with Crippen molar-refractivity contribution in [3.63, 3.8) is 0 Å². The van der Waals surface area contributed by atoms with E-state index in [1.165, 1.54) is 6.07 Å². The maximum absolute atomic E-state index is 12.6. The molecule has 0 aliphatic carbocycles. The molecule has 3 rings (SSSR count). The number of halogens is 1. The van der Waals surface area contributed by atoms with Crippen LogP contribution in [0.15, 0.2) is 35.1 Å². The van der Waals surface area contributed by atoms with Crippen LogP contribution in [0.3, 0.4) is 0 Å². The zero-order chi connectivity index (χ0) is 17.3. The second kappa shape index (κ2) is 6.69. The van der Waals surface area contributed by atoms with Gasteiger partial charge in [-0.3, -0.25) is 9.59 Å². The van der Waals surface area contributed by atoms with E-state index in [0.29, 0.717) is 29.4 Å². The van der Waals surface area contributed by atoms with Gasteiger partial charge in [0.1, 0.15) is 5.75 Å². The van der Waals surface area contributed by atoms with Gasteiger partial charge in [-0.2, -0.15) is 0 Å². The van der Waals surface area contributed by atoms with Crippen molar-refractivity contribution in [2.75, 3.05) is 6.61 Å². The minimum Gasteiger partial charge on any atom is -0.492 e. The number of H-pyrrole nitrogens is 1. The van der Waals surface area contributed by atoms with Crippen LogP contribution < -0.4 is 15.6 Å². The van der Waals surface area contributed by atoms with Crippen molar-refractivity contribution in [3.8, 4) is 5.75 Å². The molecule has 1 unspecified atom stereocenters. The second-order valence-electron chi connectivity index (χ2n) is 6.16. The van der Waals surface area contributed by atoms with Crippen LogP contribution in [0, 0.1) is 0 Å². The molecule has 2 N–H and O–H groups in total. The minimum atomic E-state index is -0.277. The number of hydrogen-bond acceptors (Lipinski definition) is 3. The number of amides is 1. The lowest BCUT2D eigenvalue weighted by Gasteiger charge is -2.27. The first-order valence-corrected chi connectivity index (χ1v) is 8.30. The van der Waals surface area contributed by atoms with Crippen molar-refractivity contribution < 1.29 is 9.53 Å². The van der Waals surface area contributed by atoms with Gasteiger partial charge in [0.2, 0.25) is 5.56 Å². The maximum Gasteiger partial charge on any atom is 0.252 e. The summed E-state index contributed by atoms with van der Waals surface area (Å²) in [5.74, 6) is 0.471. The SMILES string of the molecule is CC(C)c1cc(C(=O)NC2CCOc3c(Cl)cccc32)cc(=O)[nH]1. The summed E-state index contributed by atoms with van der Waals surface area (Å²) in [5.41, 5.74) is 1.68. The molecule has 0 spiro atoms. The summed E-state index contributed by atoms with van der Waals surface area (Å²) >= 11 is 6.15. The standard InChI is InChI=1S/C18H19ClN2O3/c1-10(2)15-8-11(9-16(22)20-15)18(23)21-14-6-7-24-17-12(14)4-3-5-13(17)19/h3-5,8-10,14H,6-7H2,1-2H3,(H,20,22)(H,21,23). The number of para-hydroxylation sites is 1. The fraction of sp³-hybridized carbons (Fsp3) is 0.333. The molecular weight excluding hydrogens is 328 g/mol. The molecule has 2 heterocycles. The number of pyridine rings is 1. The number of ether oxygens (including phenoxy) is 1. The molecule has 6 heteroatoms. The monoisotopic (exact) mass is 346 g/mol. The fourth-order valence-electron chi connectivity index (χ4n) is 2.78. The number of aromatic amines is 1. The molecule has 1 aliphatic heterocycles. The molecule has 24 heavy (non-hydrogen) atoms. The summed E-state index contributed by atoms with van der Waals surface area (Å²) < 4.78 is 5.60. The molecule has 0 fully saturated rings. The van der Waals surface area contributed by atoms with E-state index < -0.39 is 0 Å². The molecule has 1 aliphatic rings. The van der Waals surface area contributed by atoms with Crippen LogP contribution in [0.4, 0.5) is 0 Å². The Kier molecular flexibility index (Phi) is 4.62. The number of benzene rings is 1. The summed E-state index contributed by atoms with van der Waals surface area (Å²) in [6.45, 7) is 4.40. The smallest absolute Gasteiger partial charge is 0.252 e. The largest absolute Gasteiger partial charge is 0.492 e. The Morgan fingerprint density at radius 3 is 2.92 bits per heavy atom. The molecule has 0 saturated carbocycles. The zero-order valence-electron chi connectivity index (χ0n) is 13.6. The molecule has 1 aromatic heterocycles. The Hall–Kier alpha value is -2.27. The van der Waals surface area contributed by atoms with Gasteiger partial charge in [0.15, 0.2) is 0 Å². The van der Waals surface area contributed by atoms with Crippen molar-refractivity contribution >= 4 is 17.5 Å². The highest BCUT2D eigenvalue weighted by Crippen LogP contribution is 2.37. The number of carbonyl (C=O) groups excluding carboxylic acids is 1. The highest BCUT2D eigenvalue weighted by molar-refractivity contribution is 6.32. The Morgan fingerprint density at radius 2 is 2.17 bits per heavy atom. The van der Waals surface area contributed by atoms with Crippen LogP contribution in [0.1, 0.15) is 53.8 Å². The van der Waals surface area contributed by atoms with E-state index in [2.05, 4.69) is 10.3 Å². The summed E-state index contributed by atoms with van der Waals surface area (Å²) in [6.07, 6.45) is 0.652. The third-order valence-electron chi connectivity index (χ3n) is 4.08. The van der Waals surface area contributed by atoms with Crippen molar-refractivity contribution in [2.24, 2.45) is 0 Å². The van der Waals surface area contributed by atoms with Crippen LogP contribution >= 0.6 is 11.6 Å². The first kappa shape index (κ1) is 16.6. The number of aromatic nitrogens is 1. The predicted octanol–water partition coefficient (Wildman–Crippen LogP) is 3.41. The van der Waals surface area contributed by atoms with Gasteiger partial charge in [-0.05, 0) is 18.1 Å². The molecule has 5 nitrogen and oxygen atoms in total. The van der Waals surface area contributed by atoms with Gasteiger partial charge >= 0.3 is 0 Å². The average Bonchev–Trinajstić information content (AvgIpc) is 2.55. The number of rotatable bonds is 3. The topological polar surface area (TPSA) is 71.2 Å². The number of hydrogen-bond donors (Lipinski definition) is 2. The van der Waals surface area contributed by atoms with Crippen molar-refractivity contribution in [3.05, 3.63) is 62.5 Å². The third-order valence-corrected chi connectivity index (χ3v) is 4.38. The Labute approximate surface area is 145 Å². The van der Waals surface area contributed by atoms with Crippen LogP contribution in [-0.4, -0.2) is 17.5 Å². The third kappa shape index (κ3) is 3.31. The van der Waals surface area contributed by atoms with E-state index in [0.717, 1.165) is 11.3 Å². The lowest BCUT2D eigenvalue weighted by molar-refractivity contribution is 0.0924. The first-order chi connectivity index (χ1) is 11.5. The molecule has 126 valence electrons. The molecule has 1 amide bonds. The highest BCUT2D eigenvalue weighted by Gasteiger charge is 2.25. The van der Waals surface area contributed by atoms with E-state index >= 15 is 0 Å². The molecule has 1 atom stereocenters. The average molecular weight is 347 g/mol. The van der Waals surface area contributed by atoms with Gasteiger partial charge < -0.3 is 15.0 Å². The van der Waals surface area contributed by atoms with E-state index in [1.54, 1.807) is 12.1 Å². The quantitative estimate of drug-likeness (QED) is 0.894. The Morgan fingerprint density at radius 1 is 1.38 bits per heavy atom. The molecule has 0 saturated heterocycles. The highest BCUT2D eigenvalue weighted by atomic mass is 35.5. The molecule has 0 radical (unpaired) electrons. The number of carbonyl (C=O) groups is 1. The summed E-state index contributed by atoms with van der Waals surface area (Å²) in [5, 5.41) is 3.51. The van der Waals surface area contributed by atoms with Crippen LogP contribution in [0.5, 0.6) is 5.75 Å². The first-order valence-electron chi connectivity index (χ1n) is 7.92. The zero-order valence-corrected chi connectivity index (χ0v) is 14.3. The lowest BCUT2D eigenvalue weighted by Crippen LogP contribution is -2.33. The van der Waals surface area contributed by atoms with Gasteiger partial charge in [0.05, 0.1) is 17.7 Å². The Bertz CT molecular complexity index is 829. The summed E-state index contributed by atoms with van der Waals surface area (Å²) in [4.78, 5) is 27.1. The maximum atomic E-state index is 12.6. The van der Waals surface area contributed by atoms with E-state index in [1.807, 2.05) is 26.0 Å². The summed E-state index contributed by atoms with van der Waals surface area (Å²) in [7, 11) is 0. The normalized spacial score (nSPS) is 16.4. The van der Waals surface area contributed by atoms with Crippen LogP contribution in [-0.2, 0) is 0 Å². The Balaban J connectivity index is 1.87. The van der Waals surface area contributed by atoms with E-state index in [9.17, 15) is 9.59 Å². The minimum absolute atomic E-state index is 0.132. The molecular formula is C18H19ClN2O3. The van der Waals surface area contributed by atoms with Gasteiger partial charge in [-0.1, -0.05) is 37.6 Å². The van der Waals surface area contributed by atoms with E-state index in [-0.39, 0.29) is 23.4 Å². The fourth-order valence-corrected chi connectivity index (χ4v) is 3.02. The molecule has 1 aromatic carbocycles. The van der Waals surface area contributed by atoms with Gasteiger partial charge in [-0.25, -0.2) is 0 Å².